The molecule has 2 amide bonds. The van der Waals surface area contributed by atoms with E-state index in [0.717, 1.165) is 6.20 Å². The average molecular weight is 587 g/mol. The van der Waals surface area contributed by atoms with Gasteiger partial charge in [-0.15, -0.1) is 0 Å². The second-order valence-electron chi connectivity index (χ2n) is 9.90. The van der Waals surface area contributed by atoms with Gasteiger partial charge in [0.25, 0.3) is 18.2 Å². The number of benzene rings is 1. The molecule has 4 aromatic rings. The van der Waals surface area contributed by atoms with Crippen LogP contribution in [0.1, 0.15) is 58.6 Å². The lowest BCUT2D eigenvalue weighted by Gasteiger charge is -2.29. The molecule has 0 saturated heterocycles. The highest BCUT2D eigenvalue weighted by atomic mass is 35.5. The second kappa shape index (κ2) is 11.7. The molecule has 3 aromatic heterocycles. The minimum Gasteiger partial charge on any atom is -0.354 e. The van der Waals surface area contributed by atoms with Crippen LogP contribution in [0.3, 0.4) is 0 Å². The Hall–Kier alpha value is -4.19. The first-order valence-corrected chi connectivity index (χ1v) is 13.4. The summed E-state index contributed by atoms with van der Waals surface area (Å²) < 4.78 is 44.5. The van der Waals surface area contributed by atoms with E-state index >= 15 is 4.39 Å². The topological polar surface area (TPSA) is 111 Å². The summed E-state index contributed by atoms with van der Waals surface area (Å²) in [6.07, 6.45) is 1.89. The maximum Gasteiger partial charge on any atom is 0.333 e. The number of nitrogens with one attached hydrogen (secondary N) is 2. The zero-order valence-corrected chi connectivity index (χ0v) is 22.7. The van der Waals surface area contributed by atoms with Crippen LogP contribution in [-0.2, 0) is 6.54 Å². The lowest BCUT2D eigenvalue weighted by molar-refractivity contribution is 0.0903. The Labute approximate surface area is 237 Å². The van der Waals surface area contributed by atoms with Crippen LogP contribution in [0.25, 0.3) is 16.7 Å². The fourth-order valence-electron chi connectivity index (χ4n) is 5.29. The third-order valence-corrected chi connectivity index (χ3v) is 7.53. The number of carbonyl (C=O) groups excluding carboxylic acids is 2. The number of alkyl halides is 2. The molecule has 5 rings (SSSR count). The van der Waals surface area contributed by atoms with E-state index in [1.807, 2.05) is 0 Å². The molecule has 3 heterocycles. The number of amides is 2. The minimum absolute atomic E-state index is 0.0118. The summed E-state index contributed by atoms with van der Waals surface area (Å²) in [6.45, 7) is 0.251. The quantitative estimate of drug-likeness (QED) is 0.327. The monoisotopic (exact) mass is 586 g/mol. The molecule has 214 valence electrons. The van der Waals surface area contributed by atoms with Gasteiger partial charge in [-0.05, 0) is 61.9 Å². The lowest BCUT2D eigenvalue weighted by Crippen LogP contribution is -2.39. The van der Waals surface area contributed by atoms with Gasteiger partial charge in [-0.25, -0.2) is 22.9 Å². The van der Waals surface area contributed by atoms with Crippen LogP contribution < -0.4 is 16.3 Å². The van der Waals surface area contributed by atoms with E-state index in [0.29, 0.717) is 36.9 Å². The molecule has 41 heavy (non-hydrogen) atoms. The van der Waals surface area contributed by atoms with E-state index < -0.39 is 29.5 Å². The number of hydrogen-bond acceptors (Lipinski definition) is 5. The molecule has 1 aliphatic carbocycles. The molecular formula is C28H26ClF3N6O3. The van der Waals surface area contributed by atoms with Crippen LogP contribution in [0.15, 0.2) is 53.6 Å². The predicted molar refractivity (Wildman–Crippen MR) is 146 cm³/mol. The largest absolute Gasteiger partial charge is 0.354 e. The van der Waals surface area contributed by atoms with Gasteiger partial charge in [-0.2, -0.15) is 0 Å². The first-order chi connectivity index (χ1) is 19.7. The van der Waals surface area contributed by atoms with Crippen LogP contribution in [0.5, 0.6) is 0 Å². The van der Waals surface area contributed by atoms with Crippen molar-refractivity contribution in [3.05, 3.63) is 87.1 Å². The van der Waals surface area contributed by atoms with Crippen molar-refractivity contribution < 1.29 is 22.8 Å². The van der Waals surface area contributed by atoms with Gasteiger partial charge in [0.15, 0.2) is 0 Å². The number of hydrogen-bond donors (Lipinski definition) is 2. The van der Waals surface area contributed by atoms with Crippen LogP contribution in [0, 0.1) is 11.7 Å². The molecule has 9 nitrogen and oxygen atoms in total. The van der Waals surface area contributed by atoms with Gasteiger partial charge in [0.2, 0.25) is 0 Å². The number of para-hydroxylation sites is 1. The number of aromatic nitrogens is 4. The van der Waals surface area contributed by atoms with Crippen molar-refractivity contribution in [1.29, 1.82) is 0 Å². The molecule has 0 radical (unpaired) electrons. The van der Waals surface area contributed by atoms with Crippen molar-refractivity contribution in [3.63, 3.8) is 0 Å². The van der Waals surface area contributed by atoms with E-state index in [1.54, 1.807) is 12.1 Å². The summed E-state index contributed by atoms with van der Waals surface area (Å²) >= 11 is 5.87. The van der Waals surface area contributed by atoms with Crippen molar-refractivity contribution in [2.45, 2.75) is 44.7 Å². The third kappa shape index (κ3) is 5.69. The summed E-state index contributed by atoms with van der Waals surface area (Å²) in [4.78, 5) is 45.9. The normalized spacial score (nSPS) is 17.1. The van der Waals surface area contributed by atoms with Gasteiger partial charge < -0.3 is 10.6 Å². The summed E-state index contributed by atoms with van der Waals surface area (Å²) in [5, 5.41) is 5.36. The number of fused-ring (bicyclic) bond motifs is 1. The summed E-state index contributed by atoms with van der Waals surface area (Å²) in [5.41, 5.74) is -0.226. The molecule has 1 fully saturated rings. The van der Waals surface area contributed by atoms with Crippen LogP contribution in [-0.4, -0.2) is 44.0 Å². The Morgan fingerprint density at radius 2 is 1.83 bits per heavy atom. The zero-order valence-electron chi connectivity index (χ0n) is 21.9. The predicted octanol–water partition coefficient (Wildman–Crippen LogP) is 4.66. The van der Waals surface area contributed by atoms with E-state index in [4.69, 9.17) is 11.6 Å². The number of rotatable bonds is 7. The van der Waals surface area contributed by atoms with Crippen LogP contribution in [0.2, 0.25) is 5.02 Å². The summed E-state index contributed by atoms with van der Waals surface area (Å²) in [5.74, 6) is -1.57. The first-order valence-electron chi connectivity index (χ1n) is 13.0. The molecule has 0 aliphatic heterocycles. The van der Waals surface area contributed by atoms with Crippen molar-refractivity contribution in [2.24, 2.45) is 5.92 Å². The van der Waals surface area contributed by atoms with Crippen molar-refractivity contribution in [1.82, 2.24) is 29.7 Å². The number of halogens is 4. The van der Waals surface area contributed by atoms with Crippen molar-refractivity contribution >= 4 is 34.4 Å². The number of pyridine rings is 2. The second-order valence-corrected chi connectivity index (χ2v) is 10.3. The zero-order chi connectivity index (χ0) is 29.3. The first kappa shape index (κ1) is 28.3. The summed E-state index contributed by atoms with van der Waals surface area (Å²) in [7, 11) is 1.49. The molecular weight excluding hydrogens is 561 g/mol. The highest BCUT2D eigenvalue weighted by Gasteiger charge is 2.28. The third-order valence-electron chi connectivity index (χ3n) is 7.32. The molecule has 1 saturated carbocycles. The van der Waals surface area contributed by atoms with Crippen molar-refractivity contribution in [2.75, 3.05) is 7.05 Å². The highest BCUT2D eigenvalue weighted by molar-refractivity contribution is 6.30. The van der Waals surface area contributed by atoms with Gasteiger partial charge in [0.1, 0.15) is 22.7 Å². The Kier molecular flexibility index (Phi) is 8.11. The Bertz CT molecular complexity index is 1660. The highest BCUT2D eigenvalue weighted by Crippen LogP contribution is 2.29. The minimum atomic E-state index is -2.92. The molecule has 1 aliphatic rings. The summed E-state index contributed by atoms with van der Waals surface area (Å²) in [6, 6.07) is 8.44. The van der Waals surface area contributed by atoms with E-state index in [1.165, 1.54) is 46.6 Å². The number of carbonyl (C=O) groups is 2. The SMILES string of the molecule is CNC(=O)c1ccc(-n2c(=O)n(CC3CCC(NC(=O)c4cc(Cl)cnc4C(F)F)CC3)c3c(F)cccc32)cn1. The molecule has 0 spiro atoms. The molecule has 0 atom stereocenters. The Morgan fingerprint density at radius 1 is 1.07 bits per heavy atom. The fourth-order valence-corrected chi connectivity index (χ4v) is 5.44. The Morgan fingerprint density at radius 3 is 2.49 bits per heavy atom. The van der Waals surface area contributed by atoms with Crippen LogP contribution in [0.4, 0.5) is 13.2 Å². The van der Waals surface area contributed by atoms with Crippen LogP contribution >= 0.6 is 11.6 Å². The van der Waals surface area contributed by atoms with Gasteiger partial charge in [0, 0.05) is 25.8 Å². The maximum atomic E-state index is 15.1. The smallest absolute Gasteiger partial charge is 0.333 e. The van der Waals surface area contributed by atoms with E-state index in [9.17, 15) is 23.2 Å². The van der Waals surface area contributed by atoms with Gasteiger partial charge in [-0.1, -0.05) is 17.7 Å². The fraction of sp³-hybridized carbons (Fsp3) is 0.321. The number of nitrogens with zero attached hydrogens (tertiary/aromatic N) is 4. The standard InChI is InChI=1S/C28H26ClF3N6O3/c1-33-27(40)21-10-9-18(13-34-21)38-22-4-2-3-20(30)24(22)37(28(38)41)14-15-5-7-17(8-6-15)36-26(39)19-11-16(29)12-35-23(19)25(31)32/h2-4,9-13,15,17,25H,5-8,14H2,1H3,(H,33,40)(H,36,39). The Balaban J connectivity index is 1.33. The van der Waals surface area contributed by atoms with Gasteiger partial charge in [-0.3, -0.25) is 23.7 Å². The van der Waals surface area contributed by atoms with Crippen molar-refractivity contribution in [3.8, 4) is 5.69 Å². The lowest BCUT2D eigenvalue weighted by atomic mass is 9.85. The van der Waals surface area contributed by atoms with Gasteiger partial charge >= 0.3 is 5.69 Å². The number of imidazole rings is 1. The molecule has 2 N–H and O–H groups in total. The van der Waals surface area contributed by atoms with Gasteiger partial charge in [0.05, 0.1) is 28.0 Å². The van der Waals surface area contributed by atoms with E-state index in [-0.39, 0.29) is 46.2 Å². The molecule has 0 unspecified atom stereocenters. The molecule has 0 bridgehead atoms. The average Bonchev–Trinajstić information content (AvgIpc) is 3.25. The maximum absolute atomic E-state index is 15.1. The molecule has 1 aromatic carbocycles. The molecule has 13 heteroatoms. The van der Waals surface area contributed by atoms with E-state index in [2.05, 4.69) is 20.6 Å².